The van der Waals surface area contributed by atoms with E-state index in [0.29, 0.717) is 31.2 Å². The summed E-state index contributed by atoms with van der Waals surface area (Å²) in [5.74, 6) is 0.00573. The van der Waals surface area contributed by atoms with Crippen LogP contribution in [0.1, 0.15) is 66.3 Å². The lowest BCUT2D eigenvalue weighted by atomic mass is 9.62. The molecule has 0 bridgehead atoms. The third kappa shape index (κ3) is 4.94. The van der Waals surface area contributed by atoms with Gasteiger partial charge in [0.25, 0.3) is 0 Å². The van der Waals surface area contributed by atoms with E-state index in [9.17, 15) is 8.42 Å². The summed E-state index contributed by atoms with van der Waals surface area (Å²) < 4.78 is 45.4. The van der Waals surface area contributed by atoms with Crippen LogP contribution in [0.4, 0.5) is 0 Å². The molecule has 0 spiro atoms. The number of benzene rings is 1. The van der Waals surface area contributed by atoms with E-state index in [2.05, 4.69) is 48.5 Å². The highest BCUT2D eigenvalue weighted by Gasteiger charge is 2.54. The lowest BCUT2D eigenvalue weighted by Crippen LogP contribution is -2.41. The molecule has 2 aliphatic heterocycles. The maximum absolute atomic E-state index is 12.9. The highest BCUT2D eigenvalue weighted by molar-refractivity contribution is 7.89. The number of rotatable bonds is 5. The molecule has 0 amide bonds. The van der Waals surface area contributed by atoms with E-state index < -0.39 is 21.2 Å². The zero-order valence-corrected chi connectivity index (χ0v) is 20.2. The van der Waals surface area contributed by atoms with Gasteiger partial charge >= 0.3 is 7.12 Å². The van der Waals surface area contributed by atoms with E-state index in [-0.39, 0.29) is 18.4 Å². The monoisotopic (exact) mass is 437 g/mol. The third-order valence-corrected chi connectivity index (χ3v) is 8.26. The van der Waals surface area contributed by atoms with E-state index in [4.69, 9.17) is 14.0 Å². The first kappa shape index (κ1) is 23.7. The van der Waals surface area contributed by atoms with Gasteiger partial charge in [-0.1, -0.05) is 32.9 Å². The fourth-order valence-corrected chi connectivity index (χ4v) is 5.31. The molecule has 2 fully saturated rings. The summed E-state index contributed by atoms with van der Waals surface area (Å²) in [6.45, 7) is 16.5. The molecular formula is C22H36BNO5S. The SMILES string of the molecule is CC(C)(C)CC(B1OC(C)(C)C(C)(C)O1)c1ccc(S(=O)(=O)N2CCOCC2)cc1. The maximum Gasteiger partial charge on any atom is 0.465 e. The number of nitrogens with zero attached hydrogens (tertiary/aromatic N) is 1. The van der Waals surface area contributed by atoms with Gasteiger partial charge in [0.05, 0.1) is 29.3 Å². The lowest BCUT2D eigenvalue weighted by Gasteiger charge is -2.32. The predicted molar refractivity (Wildman–Crippen MR) is 119 cm³/mol. The van der Waals surface area contributed by atoms with Gasteiger partial charge in [-0.3, -0.25) is 0 Å². The first-order chi connectivity index (χ1) is 13.7. The fraction of sp³-hybridized carbons (Fsp3) is 0.727. The first-order valence-electron chi connectivity index (χ1n) is 10.8. The van der Waals surface area contributed by atoms with Crippen molar-refractivity contribution < 1.29 is 22.5 Å². The molecule has 2 aliphatic rings. The van der Waals surface area contributed by atoms with E-state index in [1.54, 1.807) is 12.1 Å². The normalized spacial score (nSPS) is 23.5. The first-order valence-corrected chi connectivity index (χ1v) is 12.2. The van der Waals surface area contributed by atoms with Crippen LogP contribution in [0.25, 0.3) is 0 Å². The highest BCUT2D eigenvalue weighted by Crippen LogP contribution is 2.44. The molecule has 0 radical (unpaired) electrons. The van der Waals surface area contributed by atoms with Crippen molar-refractivity contribution in [1.82, 2.24) is 4.31 Å². The van der Waals surface area contributed by atoms with Crippen LogP contribution < -0.4 is 0 Å². The summed E-state index contributed by atoms with van der Waals surface area (Å²) in [5.41, 5.74) is 0.275. The maximum atomic E-state index is 12.9. The van der Waals surface area contributed by atoms with Crippen LogP contribution in [0.3, 0.4) is 0 Å². The largest absolute Gasteiger partial charge is 0.465 e. The molecule has 2 saturated heterocycles. The van der Waals surface area contributed by atoms with Crippen LogP contribution in [0.5, 0.6) is 0 Å². The van der Waals surface area contributed by atoms with Gasteiger partial charge in [-0.2, -0.15) is 4.31 Å². The molecule has 30 heavy (non-hydrogen) atoms. The molecular weight excluding hydrogens is 401 g/mol. The molecule has 0 N–H and O–H groups in total. The molecule has 0 aliphatic carbocycles. The van der Waals surface area contributed by atoms with Crippen LogP contribution in [-0.4, -0.2) is 57.3 Å². The minimum Gasteiger partial charge on any atom is -0.403 e. The Labute approximate surface area is 182 Å². The van der Waals surface area contributed by atoms with Gasteiger partial charge in [0, 0.05) is 18.9 Å². The Morgan fingerprint density at radius 1 is 1.00 bits per heavy atom. The van der Waals surface area contributed by atoms with Crippen LogP contribution in [0, 0.1) is 5.41 Å². The highest BCUT2D eigenvalue weighted by atomic mass is 32.2. The van der Waals surface area contributed by atoms with Crippen LogP contribution >= 0.6 is 0 Å². The summed E-state index contributed by atoms with van der Waals surface area (Å²) in [6.07, 6.45) is 0.861. The number of hydrogen-bond donors (Lipinski definition) is 0. The Kier molecular flexibility index (Phi) is 6.49. The summed E-state index contributed by atoms with van der Waals surface area (Å²) in [5, 5.41) is 0. The minimum atomic E-state index is -3.50. The van der Waals surface area contributed by atoms with Crippen molar-refractivity contribution >= 4 is 17.1 Å². The second kappa shape index (κ2) is 8.21. The molecule has 1 aromatic rings. The molecule has 1 atom stereocenters. The quantitative estimate of drug-likeness (QED) is 0.655. The molecule has 6 nitrogen and oxygen atoms in total. The summed E-state index contributed by atoms with van der Waals surface area (Å²) in [4.78, 5) is 0.316. The van der Waals surface area contributed by atoms with Crippen molar-refractivity contribution in [1.29, 1.82) is 0 Å². The minimum absolute atomic E-state index is 0.00573. The van der Waals surface area contributed by atoms with Gasteiger partial charge < -0.3 is 14.0 Å². The van der Waals surface area contributed by atoms with Crippen molar-refractivity contribution in [2.24, 2.45) is 5.41 Å². The Hall–Kier alpha value is -0.925. The second-order valence-electron chi connectivity index (χ2n) is 10.6. The van der Waals surface area contributed by atoms with Gasteiger partial charge in [0.2, 0.25) is 10.0 Å². The van der Waals surface area contributed by atoms with Crippen molar-refractivity contribution in [2.75, 3.05) is 26.3 Å². The molecule has 1 aromatic carbocycles. The van der Waals surface area contributed by atoms with E-state index in [1.165, 1.54) is 4.31 Å². The number of hydrogen-bond acceptors (Lipinski definition) is 5. The Balaban J connectivity index is 1.88. The molecule has 0 aromatic heterocycles. The van der Waals surface area contributed by atoms with Crippen molar-refractivity contribution in [3.8, 4) is 0 Å². The van der Waals surface area contributed by atoms with Crippen LogP contribution in [0.15, 0.2) is 29.2 Å². The number of sulfonamides is 1. The smallest absolute Gasteiger partial charge is 0.403 e. The molecule has 1 unspecified atom stereocenters. The van der Waals surface area contributed by atoms with Gasteiger partial charge in [0.1, 0.15) is 0 Å². The van der Waals surface area contributed by atoms with Gasteiger partial charge in [-0.05, 0) is 57.2 Å². The summed E-state index contributed by atoms with van der Waals surface area (Å²) >= 11 is 0. The molecule has 168 valence electrons. The van der Waals surface area contributed by atoms with Crippen molar-refractivity contribution in [3.63, 3.8) is 0 Å². The lowest BCUT2D eigenvalue weighted by molar-refractivity contribution is 0.00578. The van der Waals surface area contributed by atoms with Gasteiger partial charge in [-0.15, -0.1) is 0 Å². The molecule has 2 heterocycles. The van der Waals surface area contributed by atoms with Crippen molar-refractivity contribution in [3.05, 3.63) is 29.8 Å². The fourth-order valence-electron chi connectivity index (χ4n) is 3.91. The van der Waals surface area contributed by atoms with Gasteiger partial charge in [0.15, 0.2) is 0 Å². The van der Waals surface area contributed by atoms with Crippen LogP contribution in [0.2, 0.25) is 0 Å². The topological polar surface area (TPSA) is 65.1 Å². The van der Waals surface area contributed by atoms with Gasteiger partial charge in [-0.25, -0.2) is 8.42 Å². The molecule has 3 rings (SSSR count). The van der Waals surface area contributed by atoms with E-state index in [1.807, 2.05) is 12.1 Å². The average Bonchev–Trinajstić information content (AvgIpc) is 2.87. The number of morpholine rings is 1. The number of ether oxygens (including phenoxy) is 1. The predicted octanol–water partition coefficient (Wildman–Crippen LogP) is 3.86. The van der Waals surface area contributed by atoms with E-state index in [0.717, 1.165) is 12.0 Å². The summed E-state index contributed by atoms with van der Waals surface area (Å²) in [7, 11) is -3.88. The second-order valence-corrected chi connectivity index (χ2v) is 12.5. The average molecular weight is 437 g/mol. The molecule has 0 saturated carbocycles. The van der Waals surface area contributed by atoms with Crippen LogP contribution in [-0.2, 0) is 24.1 Å². The standard InChI is InChI=1S/C22H36BNO5S/c1-20(2,3)16-19(23-28-21(4,5)22(6,7)29-23)17-8-10-18(11-9-17)30(25,26)24-12-14-27-15-13-24/h8-11,19H,12-16H2,1-7H3. The van der Waals surface area contributed by atoms with E-state index >= 15 is 0 Å². The Morgan fingerprint density at radius 2 is 1.50 bits per heavy atom. The van der Waals surface area contributed by atoms with Crippen molar-refractivity contribution in [2.45, 2.75) is 76.8 Å². The Morgan fingerprint density at radius 3 is 1.97 bits per heavy atom. The molecule has 8 heteroatoms. The zero-order chi connectivity index (χ0) is 22.4. The summed E-state index contributed by atoms with van der Waals surface area (Å²) in [6, 6.07) is 7.24. The Bertz CT molecular complexity index is 823. The third-order valence-electron chi connectivity index (χ3n) is 6.35. The zero-order valence-electron chi connectivity index (χ0n) is 19.4.